The topological polar surface area (TPSA) is 82.6 Å². The molecule has 0 aliphatic rings. The highest BCUT2D eigenvalue weighted by Gasteiger charge is 2.16. The van der Waals surface area contributed by atoms with Gasteiger partial charge in [-0.2, -0.15) is 0 Å². The molecule has 0 bridgehead atoms. The molecule has 0 saturated carbocycles. The number of guanidine groups is 1. The first-order valence-corrected chi connectivity index (χ1v) is 10.7. The zero-order valence-corrected chi connectivity index (χ0v) is 17.2. The summed E-state index contributed by atoms with van der Waals surface area (Å²) in [7, 11) is -1.83. The fraction of sp³-hybridized carbons (Fsp3) is 0.389. The Kier molecular flexibility index (Phi) is 7.19. The van der Waals surface area contributed by atoms with Gasteiger partial charge in [0.05, 0.1) is 11.4 Å². The van der Waals surface area contributed by atoms with Crippen LogP contribution < -0.4 is 15.4 Å². The van der Waals surface area contributed by atoms with E-state index in [4.69, 9.17) is 0 Å². The van der Waals surface area contributed by atoms with E-state index in [9.17, 15) is 8.42 Å². The Balaban J connectivity index is 1.81. The van der Waals surface area contributed by atoms with E-state index in [1.807, 2.05) is 19.1 Å². The summed E-state index contributed by atoms with van der Waals surface area (Å²) in [5, 5.41) is 6.33. The summed E-state index contributed by atoms with van der Waals surface area (Å²) in [6.07, 6.45) is 0. The number of rotatable bonds is 7. The Bertz CT molecular complexity index is 873. The van der Waals surface area contributed by atoms with Gasteiger partial charge in [-0.1, -0.05) is 12.1 Å². The van der Waals surface area contributed by atoms with Crippen LogP contribution in [0.2, 0.25) is 0 Å². The van der Waals surface area contributed by atoms with Crippen molar-refractivity contribution in [2.24, 2.45) is 4.99 Å². The van der Waals surface area contributed by atoms with Crippen molar-refractivity contribution in [2.75, 3.05) is 20.1 Å². The Labute approximate surface area is 159 Å². The van der Waals surface area contributed by atoms with Gasteiger partial charge in [-0.3, -0.25) is 4.99 Å². The summed E-state index contributed by atoms with van der Waals surface area (Å²) in [6.45, 7) is 7.15. The third-order valence-corrected chi connectivity index (χ3v) is 6.40. The molecule has 3 N–H and O–H groups in total. The van der Waals surface area contributed by atoms with Crippen LogP contribution in [0.5, 0.6) is 0 Å². The van der Waals surface area contributed by atoms with Gasteiger partial charge in [0.25, 0.3) is 0 Å². The van der Waals surface area contributed by atoms with Gasteiger partial charge in [0.2, 0.25) is 10.0 Å². The van der Waals surface area contributed by atoms with Crippen LogP contribution in [0.3, 0.4) is 0 Å². The fourth-order valence-corrected chi connectivity index (χ4v) is 4.60. The van der Waals surface area contributed by atoms with E-state index in [0.717, 1.165) is 11.1 Å². The molecular weight excluding hydrogens is 368 g/mol. The van der Waals surface area contributed by atoms with Gasteiger partial charge in [0.1, 0.15) is 0 Å². The Morgan fingerprint density at radius 2 is 1.85 bits per heavy atom. The van der Waals surface area contributed by atoms with Crippen molar-refractivity contribution in [2.45, 2.75) is 32.2 Å². The summed E-state index contributed by atoms with van der Waals surface area (Å²) in [5.41, 5.74) is 1.65. The molecule has 0 amide bonds. The monoisotopic (exact) mass is 394 g/mol. The smallest absolute Gasteiger partial charge is 0.240 e. The van der Waals surface area contributed by atoms with Crippen LogP contribution >= 0.6 is 11.3 Å². The van der Waals surface area contributed by atoms with Crippen molar-refractivity contribution in [1.29, 1.82) is 0 Å². The molecule has 1 aromatic heterocycles. The highest BCUT2D eigenvalue weighted by molar-refractivity contribution is 7.89. The van der Waals surface area contributed by atoms with Crippen molar-refractivity contribution in [3.05, 3.63) is 51.2 Å². The molecule has 26 heavy (non-hydrogen) atoms. The van der Waals surface area contributed by atoms with E-state index in [0.29, 0.717) is 23.9 Å². The first-order valence-electron chi connectivity index (χ1n) is 8.38. The summed E-state index contributed by atoms with van der Waals surface area (Å²) in [6, 6.07) is 9.58. The number of benzene rings is 1. The quantitative estimate of drug-likeness (QED) is 0.382. The molecule has 6 nitrogen and oxygen atoms in total. The highest BCUT2D eigenvalue weighted by atomic mass is 32.2. The lowest BCUT2D eigenvalue weighted by Gasteiger charge is -2.13. The van der Waals surface area contributed by atoms with Crippen LogP contribution in [-0.4, -0.2) is 34.5 Å². The lowest BCUT2D eigenvalue weighted by Crippen LogP contribution is -2.41. The van der Waals surface area contributed by atoms with E-state index in [1.54, 1.807) is 31.4 Å². The van der Waals surface area contributed by atoms with E-state index in [1.165, 1.54) is 9.75 Å². The van der Waals surface area contributed by atoms with Gasteiger partial charge in [0.15, 0.2) is 5.96 Å². The number of nitrogens with one attached hydrogen (secondary N) is 3. The van der Waals surface area contributed by atoms with Gasteiger partial charge >= 0.3 is 0 Å². The summed E-state index contributed by atoms with van der Waals surface area (Å²) in [4.78, 5) is 6.97. The van der Waals surface area contributed by atoms with E-state index < -0.39 is 10.0 Å². The molecule has 0 radical (unpaired) electrons. The Morgan fingerprint density at radius 1 is 1.08 bits per heavy atom. The average Bonchev–Trinajstić information content (AvgIpc) is 3.01. The number of hydrogen-bond acceptors (Lipinski definition) is 4. The predicted octanol–water partition coefficient (Wildman–Crippen LogP) is 2.32. The van der Waals surface area contributed by atoms with E-state index in [2.05, 4.69) is 39.4 Å². The largest absolute Gasteiger partial charge is 0.355 e. The third-order valence-electron chi connectivity index (χ3n) is 3.79. The van der Waals surface area contributed by atoms with Crippen molar-refractivity contribution >= 4 is 27.3 Å². The molecule has 1 heterocycles. The van der Waals surface area contributed by atoms with Gasteiger partial charge in [-0.15, -0.1) is 11.3 Å². The zero-order valence-electron chi connectivity index (χ0n) is 15.6. The molecular formula is C18H26N4O2S2. The minimum absolute atomic E-state index is 0.272. The van der Waals surface area contributed by atoms with Crippen LogP contribution in [0.15, 0.2) is 40.2 Å². The molecule has 0 spiro atoms. The Morgan fingerprint density at radius 3 is 2.50 bits per heavy atom. The van der Waals surface area contributed by atoms with E-state index in [-0.39, 0.29) is 6.54 Å². The maximum atomic E-state index is 12.4. The molecule has 2 aromatic rings. The normalized spacial score (nSPS) is 12.2. The van der Waals surface area contributed by atoms with Gasteiger partial charge in [0, 0.05) is 29.9 Å². The van der Waals surface area contributed by atoms with E-state index >= 15 is 0 Å². The molecule has 142 valence electrons. The number of nitrogens with zero attached hydrogens (tertiary/aromatic N) is 1. The van der Waals surface area contributed by atoms with Gasteiger partial charge in [-0.05, 0) is 50.1 Å². The highest BCUT2D eigenvalue weighted by Crippen LogP contribution is 2.16. The van der Waals surface area contributed by atoms with Gasteiger partial charge < -0.3 is 10.6 Å². The second-order valence-electron chi connectivity index (χ2n) is 6.03. The van der Waals surface area contributed by atoms with Crippen LogP contribution in [0.25, 0.3) is 0 Å². The van der Waals surface area contributed by atoms with Crippen LogP contribution in [-0.2, 0) is 16.6 Å². The van der Waals surface area contributed by atoms with Crippen molar-refractivity contribution in [3.63, 3.8) is 0 Å². The third kappa shape index (κ3) is 5.82. The minimum atomic E-state index is -3.52. The molecule has 0 aliphatic heterocycles. The van der Waals surface area contributed by atoms with Crippen molar-refractivity contribution in [3.8, 4) is 0 Å². The van der Waals surface area contributed by atoms with Crippen LogP contribution in [0.4, 0.5) is 0 Å². The summed E-state index contributed by atoms with van der Waals surface area (Å²) < 4.78 is 27.5. The van der Waals surface area contributed by atoms with Crippen molar-refractivity contribution in [1.82, 2.24) is 15.4 Å². The number of aliphatic imine (C=N–C) groups is 1. The first-order chi connectivity index (χ1) is 12.3. The summed E-state index contributed by atoms with van der Waals surface area (Å²) >= 11 is 1.74. The van der Waals surface area contributed by atoms with Crippen LogP contribution in [0.1, 0.15) is 20.9 Å². The molecule has 0 unspecified atom stereocenters. The maximum Gasteiger partial charge on any atom is 0.240 e. The SMILES string of the molecule is CN=C(NCCNS(=O)(=O)c1cc(C)ccc1C)NCc1ccc(C)s1. The number of thiophene rings is 1. The minimum Gasteiger partial charge on any atom is -0.355 e. The average molecular weight is 395 g/mol. The summed E-state index contributed by atoms with van der Waals surface area (Å²) in [5.74, 6) is 0.641. The zero-order chi connectivity index (χ0) is 19.2. The molecule has 8 heteroatoms. The fourth-order valence-electron chi connectivity index (χ4n) is 2.41. The maximum absolute atomic E-state index is 12.4. The molecule has 0 fully saturated rings. The lowest BCUT2D eigenvalue weighted by atomic mass is 10.2. The molecule has 1 aromatic carbocycles. The second kappa shape index (κ2) is 9.16. The lowest BCUT2D eigenvalue weighted by molar-refractivity contribution is 0.580. The van der Waals surface area contributed by atoms with Crippen LogP contribution in [0, 0.1) is 20.8 Å². The molecule has 0 atom stereocenters. The number of sulfonamides is 1. The van der Waals surface area contributed by atoms with Gasteiger partial charge in [-0.25, -0.2) is 13.1 Å². The first kappa shape index (κ1) is 20.4. The number of hydrogen-bond donors (Lipinski definition) is 3. The van der Waals surface area contributed by atoms with Crippen molar-refractivity contribution < 1.29 is 8.42 Å². The second-order valence-corrected chi connectivity index (χ2v) is 9.14. The number of aryl methyl sites for hydroxylation is 3. The predicted molar refractivity (Wildman–Crippen MR) is 108 cm³/mol. The Hall–Kier alpha value is -1.90. The molecule has 0 saturated heterocycles. The standard InChI is InChI=1S/C18H26N4O2S2/c1-13-5-6-14(2)17(11-13)26(23,24)22-10-9-20-18(19-4)21-12-16-8-7-15(3)25-16/h5-8,11,22H,9-10,12H2,1-4H3,(H2,19,20,21). The molecule has 2 rings (SSSR count). The molecule has 0 aliphatic carbocycles.